The van der Waals surface area contributed by atoms with Gasteiger partial charge in [-0.15, -0.1) is 24.0 Å². The number of esters is 1. The van der Waals surface area contributed by atoms with Gasteiger partial charge in [0.25, 0.3) is 0 Å². The lowest BCUT2D eigenvalue weighted by atomic mass is 9.97. The van der Waals surface area contributed by atoms with Crippen molar-refractivity contribution in [3.63, 3.8) is 0 Å². The second-order valence-corrected chi connectivity index (χ2v) is 7.42. The minimum Gasteiger partial charge on any atom is -0.469 e. The Hall–Kier alpha value is -1.29. The van der Waals surface area contributed by atoms with Crippen LogP contribution in [-0.2, 0) is 20.7 Å². The molecular formula is C21H34IN3O4. The molecule has 0 radical (unpaired) electrons. The van der Waals surface area contributed by atoms with Crippen molar-refractivity contribution in [1.29, 1.82) is 0 Å². The third kappa shape index (κ3) is 7.81. The van der Waals surface area contributed by atoms with E-state index in [4.69, 9.17) is 18.9 Å². The van der Waals surface area contributed by atoms with Crippen LogP contribution in [0.2, 0.25) is 0 Å². The second-order valence-electron chi connectivity index (χ2n) is 7.42. The molecule has 1 aromatic rings. The Kier molecular flexibility index (Phi) is 10.8. The van der Waals surface area contributed by atoms with Gasteiger partial charge in [0.1, 0.15) is 5.76 Å². The summed E-state index contributed by atoms with van der Waals surface area (Å²) >= 11 is 0. The van der Waals surface area contributed by atoms with Crippen molar-refractivity contribution in [2.45, 2.75) is 51.6 Å². The Balaban J connectivity index is 0.00000300. The number of nitrogens with one attached hydrogen (secondary N) is 1. The highest BCUT2D eigenvalue weighted by atomic mass is 127. The molecule has 1 atom stereocenters. The van der Waals surface area contributed by atoms with Crippen LogP contribution in [0.15, 0.2) is 27.8 Å². The number of carbonyl (C=O) groups excluding carboxylic acids is 1. The average Bonchev–Trinajstić information content (AvgIpc) is 3.25. The fourth-order valence-electron chi connectivity index (χ4n) is 3.75. The van der Waals surface area contributed by atoms with E-state index in [9.17, 15) is 4.79 Å². The number of carbonyl (C=O) groups is 1. The molecule has 2 fully saturated rings. The maximum Gasteiger partial charge on any atom is 0.309 e. The molecule has 8 heteroatoms. The lowest BCUT2D eigenvalue weighted by molar-refractivity contribution is -0.149. The first-order valence-electron chi connectivity index (χ1n) is 10.6. The number of ether oxygens (including phenoxy) is 2. The largest absolute Gasteiger partial charge is 0.469 e. The van der Waals surface area contributed by atoms with Crippen LogP contribution < -0.4 is 5.32 Å². The van der Waals surface area contributed by atoms with E-state index >= 15 is 0 Å². The van der Waals surface area contributed by atoms with E-state index in [-0.39, 0.29) is 42.0 Å². The molecule has 0 aromatic carbocycles. The molecule has 29 heavy (non-hydrogen) atoms. The summed E-state index contributed by atoms with van der Waals surface area (Å²) < 4.78 is 16.4. The van der Waals surface area contributed by atoms with Gasteiger partial charge in [-0.1, -0.05) is 0 Å². The molecule has 0 saturated carbocycles. The summed E-state index contributed by atoms with van der Waals surface area (Å²) in [6, 6.07) is 3.89. The minimum absolute atomic E-state index is 0. The summed E-state index contributed by atoms with van der Waals surface area (Å²) in [5, 5.41) is 3.48. The van der Waals surface area contributed by atoms with Crippen LogP contribution >= 0.6 is 24.0 Å². The maximum absolute atomic E-state index is 12.0. The molecule has 2 saturated heterocycles. The number of aliphatic imine (C=N–C) groups is 1. The predicted octanol–water partition coefficient (Wildman–Crippen LogP) is 3.23. The molecular weight excluding hydrogens is 485 g/mol. The first-order chi connectivity index (χ1) is 13.8. The van der Waals surface area contributed by atoms with Gasteiger partial charge in [0.15, 0.2) is 5.96 Å². The molecule has 3 heterocycles. The van der Waals surface area contributed by atoms with Crippen molar-refractivity contribution in [3.8, 4) is 0 Å². The summed E-state index contributed by atoms with van der Waals surface area (Å²) in [7, 11) is 0. The van der Waals surface area contributed by atoms with Gasteiger partial charge in [0, 0.05) is 32.7 Å². The van der Waals surface area contributed by atoms with Gasteiger partial charge in [-0.05, 0) is 51.2 Å². The van der Waals surface area contributed by atoms with Gasteiger partial charge in [0.05, 0.1) is 31.4 Å². The van der Waals surface area contributed by atoms with Crippen molar-refractivity contribution in [2.24, 2.45) is 10.9 Å². The summed E-state index contributed by atoms with van der Waals surface area (Å²) in [6.45, 7) is 6.20. The highest BCUT2D eigenvalue weighted by Gasteiger charge is 2.27. The zero-order valence-electron chi connectivity index (χ0n) is 17.3. The molecule has 164 valence electrons. The molecule has 1 aromatic heterocycles. The molecule has 3 rings (SSSR count). The van der Waals surface area contributed by atoms with Crippen molar-refractivity contribution < 1.29 is 18.7 Å². The summed E-state index contributed by atoms with van der Waals surface area (Å²) in [5.41, 5.74) is 0. The van der Waals surface area contributed by atoms with Gasteiger partial charge < -0.3 is 24.1 Å². The Bertz CT molecular complexity index is 609. The Labute approximate surface area is 190 Å². The Morgan fingerprint density at radius 3 is 2.79 bits per heavy atom. The van der Waals surface area contributed by atoms with E-state index in [0.717, 1.165) is 70.1 Å². The Morgan fingerprint density at radius 1 is 1.31 bits per heavy atom. The van der Waals surface area contributed by atoms with E-state index in [1.165, 1.54) is 6.42 Å². The van der Waals surface area contributed by atoms with Crippen LogP contribution in [-0.4, -0.2) is 62.3 Å². The third-order valence-corrected chi connectivity index (χ3v) is 5.37. The van der Waals surface area contributed by atoms with Gasteiger partial charge in [-0.2, -0.15) is 0 Å². The number of likely N-dealkylation sites (tertiary alicyclic amines) is 1. The minimum atomic E-state index is -0.0676. The molecule has 0 amide bonds. The smallest absolute Gasteiger partial charge is 0.309 e. The first-order valence-corrected chi connectivity index (χ1v) is 10.6. The number of piperidine rings is 1. The van der Waals surface area contributed by atoms with Crippen molar-refractivity contribution in [2.75, 3.05) is 39.4 Å². The molecule has 0 bridgehead atoms. The SMILES string of the molecule is CCOC(=O)C1CCN(C(=NCC2CCCCO2)NCCc2ccco2)CC1.I. The number of furan rings is 1. The monoisotopic (exact) mass is 519 g/mol. The van der Waals surface area contributed by atoms with Crippen LogP contribution in [0.5, 0.6) is 0 Å². The van der Waals surface area contributed by atoms with Crippen molar-refractivity contribution in [3.05, 3.63) is 24.2 Å². The number of hydrogen-bond acceptors (Lipinski definition) is 5. The van der Waals surface area contributed by atoms with Crippen LogP contribution in [0.4, 0.5) is 0 Å². The second kappa shape index (κ2) is 13.1. The molecule has 7 nitrogen and oxygen atoms in total. The van der Waals surface area contributed by atoms with Gasteiger partial charge >= 0.3 is 5.97 Å². The van der Waals surface area contributed by atoms with Gasteiger partial charge in [0.2, 0.25) is 0 Å². The maximum atomic E-state index is 12.0. The van der Waals surface area contributed by atoms with E-state index in [0.29, 0.717) is 13.2 Å². The molecule has 2 aliphatic heterocycles. The lowest BCUT2D eigenvalue weighted by Crippen LogP contribution is -2.47. The molecule has 2 aliphatic rings. The predicted molar refractivity (Wildman–Crippen MR) is 123 cm³/mol. The van der Waals surface area contributed by atoms with Crippen LogP contribution in [0.3, 0.4) is 0 Å². The number of guanidine groups is 1. The van der Waals surface area contributed by atoms with Crippen LogP contribution in [0, 0.1) is 5.92 Å². The standard InChI is InChI=1S/C21H33N3O4.HI/c1-2-26-20(25)17-9-12-24(13-10-17)21(22-11-8-18-7-5-15-27-18)23-16-19-6-3-4-14-28-19;/h5,7,15,17,19H,2-4,6,8-14,16H2,1H3,(H,22,23);1H. The lowest BCUT2D eigenvalue weighted by Gasteiger charge is -2.33. The summed E-state index contributed by atoms with van der Waals surface area (Å²) in [6.07, 6.45) is 7.77. The molecule has 1 unspecified atom stereocenters. The van der Waals surface area contributed by atoms with E-state index in [1.54, 1.807) is 6.26 Å². The summed E-state index contributed by atoms with van der Waals surface area (Å²) in [5.74, 6) is 1.80. The first kappa shape index (κ1) is 24.0. The van der Waals surface area contributed by atoms with E-state index < -0.39 is 0 Å². The zero-order valence-corrected chi connectivity index (χ0v) is 19.6. The highest BCUT2D eigenvalue weighted by molar-refractivity contribution is 14.0. The van der Waals surface area contributed by atoms with E-state index in [1.807, 2.05) is 19.1 Å². The normalized spacial score (nSPS) is 20.8. The fourth-order valence-corrected chi connectivity index (χ4v) is 3.75. The zero-order chi connectivity index (χ0) is 19.6. The average molecular weight is 519 g/mol. The summed E-state index contributed by atoms with van der Waals surface area (Å²) in [4.78, 5) is 19.1. The van der Waals surface area contributed by atoms with Gasteiger partial charge in [-0.3, -0.25) is 9.79 Å². The van der Waals surface area contributed by atoms with Crippen LogP contribution in [0.1, 0.15) is 44.8 Å². The molecule has 1 N–H and O–H groups in total. The van der Waals surface area contributed by atoms with E-state index in [2.05, 4.69) is 10.2 Å². The highest BCUT2D eigenvalue weighted by Crippen LogP contribution is 2.19. The number of halogens is 1. The third-order valence-electron chi connectivity index (χ3n) is 5.37. The topological polar surface area (TPSA) is 76.3 Å². The Morgan fingerprint density at radius 2 is 2.14 bits per heavy atom. The van der Waals surface area contributed by atoms with Crippen molar-refractivity contribution in [1.82, 2.24) is 10.2 Å². The fraction of sp³-hybridized carbons (Fsp3) is 0.714. The number of hydrogen-bond donors (Lipinski definition) is 1. The number of rotatable bonds is 7. The van der Waals surface area contributed by atoms with Gasteiger partial charge in [-0.25, -0.2) is 0 Å². The molecule has 0 aliphatic carbocycles. The van der Waals surface area contributed by atoms with Crippen molar-refractivity contribution >= 4 is 35.9 Å². The van der Waals surface area contributed by atoms with Crippen LogP contribution in [0.25, 0.3) is 0 Å². The molecule has 0 spiro atoms. The quantitative estimate of drug-likeness (QED) is 0.258. The number of nitrogens with zero attached hydrogens (tertiary/aromatic N) is 2.